The minimum Gasteiger partial charge on any atom is -0.355 e. The summed E-state index contributed by atoms with van der Waals surface area (Å²) in [6.45, 7) is 4.69. The van der Waals surface area contributed by atoms with Crippen LogP contribution in [0, 0.1) is 5.82 Å². The van der Waals surface area contributed by atoms with Crippen molar-refractivity contribution in [2.45, 2.75) is 24.9 Å². The Morgan fingerprint density at radius 2 is 1.83 bits per heavy atom. The summed E-state index contributed by atoms with van der Waals surface area (Å²) in [7, 11) is 3.34. The van der Waals surface area contributed by atoms with Crippen LogP contribution in [0.25, 0.3) is 0 Å². The molecule has 3 rings (SSSR count). The fourth-order valence-electron chi connectivity index (χ4n) is 3.45. The van der Waals surface area contributed by atoms with Crippen LogP contribution in [0.15, 0.2) is 24.3 Å². The minimum absolute atomic E-state index is 0.0144. The van der Waals surface area contributed by atoms with Crippen molar-refractivity contribution in [3.63, 3.8) is 0 Å². The molecule has 0 amide bonds. The molecule has 2 aliphatic rings. The van der Waals surface area contributed by atoms with Crippen LogP contribution < -0.4 is 10.9 Å². The Labute approximate surface area is 142 Å². The van der Waals surface area contributed by atoms with Gasteiger partial charge in [0.05, 0.1) is 12.2 Å². The summed E-state index contributed by atoms with van der Waals surface area (Å²) in [6, 6.07) is 7.00. The lowest BCUT2D eigenvalue weighted by Crippen LogP contribution is -2.55. The number of piperazine rings is 1. The third-order valence-corrected chi connectivity index (χ3v) is 4.94. The molecule has 1 aromatic rings. The van der Waals surface area contributed by atoms with E-state index in [0.29, 0.717) is 0 Å². The Morgan fingerprint density at radius 1 is 1.12 bits per heavy atom. The smallest absolute Gasteiger partial charge is 0.169 e. The van der Waals surface area contributed by atoms with Gasteiger partial charge < -0.3 is 9.47 Å². The van der Waals surface area contributed by atoms with Crippen LogP contribution >= 0.6 is 0 Å². The van der Waals surface area contributed by atoms with Gasteiger partial charge in [0.2, 0.25) is 0 Å². The molecular weight excluding hydrogens is 311 g/mol. The Hall–Kier alpha value is -1.09. The van der Waals surface area contributed by atoms with E-state index in [2.05, 4.69) is 20.7 Å². The number of methoxy groups -OCH3 is 2. The highest BCUT2D eigenvalue weighted by Crippen LogP contribution is 2.26. The number of benzene rings is 1. The van der Waals surface area contributed by atoms with Gasteiger partial charge in [-0.3, -0.25) is 9.80 Å². The van der Waals surface area contributed by atoms with E-state index in [1.54, 1.807) is 20.3 Å². The fraction of sp³-hybridized carbons (Fsp3) is 0.647. The first kappa shape index (κ1) is 17.7. The molecule has 2 fully saturated rings. The molecule has 6 nitrogen and oxygen atoms in total. The zero-order valence-corrected chi connectivity index (χ0v) is 14.4. The molecule has 134 valence electrons. The summed E-state index contributed by atoms with van der Waals surface area (Å²) in [5.41, 5.74) is 7.29. The van der Waals surface area contributed by atoms with E-state index >= 15 is 0 Å². The number of rotatable bonds is 6. The normalized spacial score (nSPS) is 26.3. The molecule has 0 spiro atoms. The van der Waals surface area contributed by atoms with E-state index in [9.17, 15) is 4.39 Å². The van der Waals surface area contributed by atoms with Gasteiger partial charge in [0.15, 0.2) is 6.29 Å². The molecule has 7 heteroatoms. The monoisotopic (exact) mass is 338 g/mol. The number of nitrogens with one attached hydrogen (secondary N) is 2. The maximum atomic E-state index is 13.9. The molecular formula is C17H27FN4O2. The third kappa shape index (κ3) is 4.11. The van der Waals surface area contributed by atoms with Gasteiger partial charge in [-0.25, -0.2) is 15.2 Å². The van der Waals surface area contributed by atoms with Crippen LogP contribution in [0.5, 0.6) is 0 Å². The van der Waals surface area contributed by atoms with Crippen molar-refractivity contribution in [3.05, 3.63) is 35.6 Å². The van der Waals surface area contributed by atoms with Crippen LogP contribution in [0.2, 0.25) is 0 Å². The maximum Gasteiger partial charge on any atom is 0.169 e. The Morgan fingerprint density at radius 3 is 2.50 bits per heavy atom. The lowest BCUT2D eigenvalue weighted by Gasteiger charge is -2.38. The summed E-state index contributed by atoms with van der Waals surface area (Å²) >= 11 is 0. The third-order valence-electron chi connectivity index (χ3n) is 4.94. The van der Waals surface area contributed by atoms with Crippen LogP contribution in [0.3, 0.4) is 0 Å². The quantitative estimate of drug-likeness (QED) is 0.753. The second-order valence-corrected chi connectivity index (χ2v) is 6.35. The number of halogens is 1. The van der Waals surface area contributed by atoms with Crippen molar-refractivity contribution >= 4 is 0 Å². The SMILES string of the molecule is COC(CN1CCN(C2CC(c3ccccc3F)NN2)CC1)OC. The predicted octanol–water partition coefficient (Wildman–Crippen LogP) is 0.927. The lowest BCUT2D eigenvalue weighted by atomic mass is 10.0. The molecule has 1 aromatic carbocycles. The van der Waals surface area contributed by atoms with Gasteiger partial charge in [-0.05, 0) is 12.5 Å². The average molecular weight is 338 g/mol. The molecule has 0 aromatic heterocycles. The van der Waals surface area contributed by atoms with Crippen LogP contribution in [-0.2, 0) is 9.47 Å². The zero-order valence-electron chi connectivity index (χ0n) is 14.4. The number of ether oxygens (including phenoxy) is 2. The second kappa shape index (κ2) is 8.33. The van der Waals surface area contributed by atoms with Crippen molar-refractivity contribution in [2.75, 3.05) is 46.9 Å². The van der Waals surface area contributed by atoms with Crippen LogP contribution in [-0.4, -0.2) is 69.2 Å². The molecule has 0 saturated carbocycles. The molecule has 2 saturated heterocycles. The summed E-state index contributed by atoms with van der Waals surface area (Å²) in [5, 5.41) is 0. The first-order valence-corrected chi connectivity index (χ1v) is 8.48. The molecule has 2 atom stereocenters. The molecule has 0 aliphatic carbocycles. The molecule has 2 heterocycles. The summed E-state index contributed by atoms with van der Waals surface area (Å²) < 4.78 is 24.5. The Balaban J connectivity index is 1.49. The van der Waals surface area contributed by atoms with Crippen molar-refractivity contribution < 1.29 is 13.9 Å². The molecule has 0 radical (unpaired) electrons. The molecule has 2 N–H and O–H groups in total. The summed E-state index contributed by atoms with van der Waals surface area (Å²) in [4.78, 5) is 4.77. The molecule has 24 heavy (non-hydrogen) atoms. The van der Waals surface area contributed by atoms with Crippen molar-refractivity contribution in [1.29, 1.82) is 0 Å². The van der Waals surface area contributed by atoms with Gasteiger partial charge in [0.25, 0.3) is 0 Å². The predicted molar refractivity (Wildman–Crippen MR) is 89.6 cm³/mol. The summed E-state index contributed by atoms with van der Waals surface area (Å²) in [5.74, 6) is -0.146. The fourth-order valence-corrected chi connectivity index (χ4v) is 3.45. The van der Waals surface area contributed by atoms with Gasteiger partial charge >= 0.3 is 0 Å². The van der Waals surface area contributed by atoms with Crippen LogP contribution in [0.4, 0.5) is 4.39 Å². The zero-order chi connectivity index (χ0) is 16.9. The molecule has 2 aliphatic heterocycles. The Kier molecular flexibility index (Phi) is 6.15. The highest BCUT2D eigenvalue weighted by atomic mass is 19.1. The van der Waals surface area contributed by atoms with Crippen molar-refractivity contribution in [3.8, 4) is 0 Å². The Bertz CT molecular complexity index is 521. The van der Waals surface area contributed by atoms with Crippen molar-refractivity contribution in [1.82, 2.24) is 20.7 Å². The summed E-state index contributed by atoms with van der Waals surface area (Å²) in [6.07, 6.45) is 0.922. The first-order chi connectivity index (χ1) is 11.7. The van der Waals surface area contributed by atoms with E-state index in [-0.39, 0.29) is 24.3 Å². The highest BCUT2D eigenvalue weighted by Gasteiger charge is 2.32. The van der Waals surface area contributed by atoms with Gasteiger partial charge in [-0.1, -0.05) is 18.2 Å². The lowest BCUT2D eigenvalue weighted by molar-refractivity contribution is -0.120. The van der Waals surface area contributed by atoms with Gasteiger partial charge in [-0.2, -0.15) is 0 Å². The molecule has 0 bridgehead atoms. The largest absolute Gasteiger partial charge is 0.355 e. The standard InChI is InChI=1S/C17H27FN4O2/c1-23-17(24-2)12-21-7-9-22(10-8-21)16-11-15(19-20-16)13-5-3-4-6-14(13)18/h3-6,15-17,19-20H,7-12H2,1-2H3. The maximum absolute atomic E-state index is 13.9. The van der Waals surface area contributed by atoms with Gasteiger partial charge in [0, 0.05) is 52.5 Å². The van der Waals surface area contributed by atoms with Crippen molar-refractivity contribution in [2.24, 2.45) is 0 Å². The van der Waals surface area contributed by atoms with E-state index in [0.717, 1.165) is 44.7 Å². The topological polar surface area (TPSA) is 49.0 Å². The van der Waals surface area contributed by atoms with E-state index in [1.165, 1.54) is 6.07 Å². The number of hydrazine groups is 1. The second-order valence-electron chi connectivity index (χ2n) is 6.35. The van der Waals surface area contributed by atoms with E-state index in [1.807, 2.05) is 12.1 Å². The number of nitrogens with zero attached hydrogens (tertiary/aromatic N) is 2. The number of hydrogen-bond acceptors (Lipinski definition) is 6. The van der Waals surface area contributed by atoms with Gasteiger partial charge in [0.1, 0.15) is 5.82 Å². The van der Waals surface area contributed by atoms with Gasteiger partial charge in [-0.15, -0.1) is 0 Å². The first-order valence-electron chi connectivity index (χ1n) is 8.48. The highest BCUT2D eigenvalue weighted by molar-refractivity contribution is 5.22. The number of hydrogen-bond donors (Lipinski definition) is 2. The minimum atomic E-state index is -0.173. The van der Waals surface area contributed by atoms with E-state index < -0.39 is 0 Å². The van der Waals surface area contributed by atoms with E-state index in [4.69, 9.17) is 9.47 Å². The molecule has 2 unspecified atom stereocenters. The average Bonchev–Trinajstić information content (AvgIpc) is 3.10. The van der Waals surface area contributed by atoms with Crippen LogP contribution in [0.1, 0.15) is 18.0 Å².